The van der Waals surface area contributed by atoms with Gasteiger partial charge in [0.15, 0.2) is 27.8 Å². The second-order valence-electron chi connectivity index (χ2n) is 8.16. The van der Waals surface area contributed by atoms with Gasteiger partial charge < -0.3 is 23.7 Å². The fourth-order valence-electron chi connectivity index (χ4n) is 4.27. The van der Waals surface area contributed by atoms with Crippen LogP contribution in [-0.2, 0) is 14.3 Å². The number of para-hydroxylation sites is 1. The predicted molar refractivity (Wildman–Crippen MR) is 140 cm³/mol. The number of carbonyl (C=O) groups is 2. The minimum absolute atomic E-state index is 0.202. The molecule has 1 aromatic heterocycles. The SMILES string of the molecule is COC(=O)C1=C(C)N=c2s/c(=C/c3cccc(OC)c3OC)c(=O)n2[C@H]1c1ccc(OC(C)=O)c(OC)c1. The normalized spacial score (nSPS) is 14.9. The molecular formula is C27H26N2O8S. The van der Waals surface area contributed by atoms with Gasteiger partial charge in [0.1, 0.15) is 0 Å². The first kappa shape index (κ1) is 26.7. The first-order chi connectivity index (χ1) is 18.2. The van der Waals surface area contributed by atoms with Crippen molar-refractivity contribution in [3.8, 4) is 23.0 Å². The molecule has 198 valence electrons. The summed E-state index contributed by atoms with van der Waals surface area (Å²) < 4.78 is 28.4. The van der Waals surface area contributed by atoms with Crippen molar-refractivity contribution in [1.29, 1.82) is 0 Å². The smallest absolute Gasteiger partial charge is 0.338 e. The van der Waals surface area contributed by atoms with Crippen LogP contribution < -0.4 is 33.8 Å². The molecule has 0 radical (unpaired) electrons. The molecule has 2 aromatic carbocycles. The van der Waals surface area contributed by atoms with Gasteiger partial charge in [-0.3, -0.25) is 14.2 Å². The zero-order valence-electron chi connectivity index (χ0n) is 21.7. The number of thiazole rings is 1. The van der Waals surface area contributed by atoms with E-state index in [1.807, 2.05) is 0 Å². The van der Waals surface area contributed by atoms with Crippen molar-refractivity contribution < 1.29 is 33.3 Å². The summed E-state index contributed by atoms with van der Waals surface area (Å²) in [5.74, 6) is 0.345. The minimum Gasteiger partial charge on any atom is -0.493 e. The van der Waals surface area contributed by atoms with Gasteiger partial charge in [-0.25, -0.2) is 9.79 Å². The molecule has 1 atom stereocenters. The van der Waals surface area contributed by atoms with E-state index in [1.54, 1.807) is 49.4 Å². The number of nitrogens with zero attached hydrogens (tertiary/aromatic N) is 2. The molecule has 0 spiro atoms. The molecule has 1 aliphatic heterocycles. The van der Waals surface area contributed by atoms with Gasteiger partial charge in [0.2, 0.25) is 0 Å². The maximum Gasteiger partial charge on any atom is 0.338 e. The number of esters is 2. The van der Waals surface area contributed by atoms with Crippen LogP contribution in [-0.4, -0.2) is 44.9 Å². The number of aromatic nitrogens is 1. The molecule has 0 N–H and O–H groups in total. The lowest BCUT2D eigenvalue weighted by Gasteiger charge is -2.25. The van der Waals surface area contributed by atoms with Crippen molar-refractivity contribution in [3.05, 3.63) is 78.5 Å². The van der Waals surface area contributed by atoms with Crippen molar-refractivity contribution in [2.45, 2.75) is 19.9 Å². The van der Waals surface area contributed by atoms with Crippen molar-refractivity contribution in [1.82, 2.24) is 4.57 Å². The molecule has 0 saturated heterocycles. The molecule has 4 rings (SSSR count). The molecule has 0 aliphatic carbocycles. The number of benzene rings is 2. The second-order valence-corrected chi connectivity index (χ2v) is 9.17. The van der Waals surface area contributed by atoms with Crippen LogP contribution in [0.1, 0.15) is 31.0 Å². The van der Waals surface area contributed by atoms with E-state index in [2.05, 4.69) is 4.99 Å². The summed E-state index contributed by atoms with van der Waals surface area (Å²) in [6.07, 6.45) is 1.70. The Balaban J connectivity index is 1.97. The van der Waals surface area contributed by atoms with E-state index in [1.165, 1.54) is 51.3 Å². The van der Waals surface area contributed by atoms with E-state index < -0.39 is 18.0 Å². The summed E-state index contributed by atoms with van der Waals surface area (Å²) in [5, 5.41) is 0. The predicted octanol–water partition coefficient (Wildman–Crippen LogP) is 2.36. The zero-order valence-corrected chi connectivity index (χ0v) is 22.5. The van der Waals surface area contributed by atoms with Crippen LogP contribution in [0.5, 0.6) is 23.0 Å². The highest BCUT2D eigenvalue weighted by Crippen LogP contribution is 2.36. The average Bonchev–Trinajstić information content (AvgIpc) is 3.21. The number of rotatable bonds is 7. The summed E-state index contributed by atoms with van der Waals surface area (Å²) >= 11 is 1.18. The number of carbonyl (C=O) groups excluding carboxylic acids is 2. The lowest BCUT2D eigenvalue weighted by atomic mass is 9.95. The molecule has 3 aromatic rings. The Morgan fingerprint density at radius 1 is 1.00 bits per heavy atom. The van der Waals surface area contributed by atoms with E-state index in [-0.39, 0.29) is 22.6 Å². The van der Waals surface area contributed by atoms with Crippen LogP contribution >= 0.6 is 11.3 Å². The van der Waals surface area contributed by atoms with Crippen LogP contribution in [0.25, 0.3) is 6.08 Å². The Kier molecular flexibility index (Phi) is 7.67. The van der Waals surface area contributed by atoms with E-state index in [4.69, 9.17) is 23.7 Å². The summed E-state index contributed by atoms with van der Waals surface area (Å²) in [7, 11) is 5.76. The van der Waals surface area contributed by atoms with Crippen molar-refractivity contribution in [3.63, 3.8) is 0 Å². The maximum atomic E-state index is 13.8. The van der Waals surface area contributed by atoms with Crippen molar-refractivity contribution in [2.24, 2.45) is 4.99 Å². The molecule has 0 unspecified atom stereocenters. The number of ether oxygens (including phenoxy) is 5. The quantitative estimate of drug-likeness (QED) is 0.333. The number of hydrogen-bond donors (Lipinski definition) is 0. The summed E-state index contributed by atoms with van der Waals surface area (Å²) in [5.41, 5.74) is 1.44. The Hall–Kier alpha value is -4.38. The molecule has 1 aliphatic rings. The van der Waals surface area contributed by atoms with E-state index in [0.717, 1.165) is 0 Å². The Morgan fingerprint density at radius 2 is 1.74 bits per heavy atom. The molecule has 2 heterocycles. The molecule has 0 bridgehead atoms. The van der Waals surface area contributed by atoms with Gasteiger partial charge in [-0.2, -0.15) is 0 Å². The third-order valence-electron chi connectivity index (χ3n) is 5.90. The summed E-state index contributed by atoms with van der Waals surface area (Å²) in [6, 6.07) is 9.33. The van der Waals surface area contributed by atoms with Crippen LogP contribution in [0.15, 0.2) is 57.5 Å². The van der Waals surface area contributed by atoms with Gasteiger partial charge >= 0.3 is 11.9 Å². The fourth-order valence-corrected chi connectivity index (χ4v) is 5.31. The summed E-state index contributed by atoms with van der Waals surface area (Å²) in [6.45, 7) is 2.97. The first-order valence-corrected chi connectivity index (χ1v) is 12.2. The zero-order chi connectivity index (χ0) is 27.6. The molecule has 0 fully saturated rings. The highest BCUT2D eigenvalue weighted by atomic mass is 32.1. The minimum atomic E-state index is -0.867. The molecule has 0 saturated carbocycles. The monoisotopic (exact) mass is 538 g/mol. The molecule has 0 amide bonds. The Morgan fingerprint density at radius 3 is 2.37 bits per heavy atom. The summed E-state index contributed by atoms with van der Waals surface area (Å²) in [4.78, 5) is 43.2. The van der Waals surface area contributed by atoms with E-state index in [0.29, 0.717) is 37.7 Å². The highest BCUT2D eigenvalue weighted by Gasteiger charge is 2.33. The largest absolute Gasteiger partial charge is 0.493 e. The van der Waals surface area contributed by atoms with E-state index >= 15 is 0 Å². The van der Waals surface area contributed by atoms with Gasteiger partial charge in [-0.05, 0) is 36.8 Å². The van der Waals surface area contributed by atoms with Crippen molar-refractivity contribution in [2.75, 3.05) is 28.4 Å². The molecular weight excluding hydrogens is 512 g/mol. The third kappa shape index (κ3) is 4.80. The molecule has 38 heavy (non-hydrogen) atoms. The van der Waals surface area contributed by atoms with Crippen LogP contribution in [0.4, 0.5) is 0 Å². The van der Waals surface area contributed by atoms with Crippen molar-refractivity contribution >= 4 is 29.4 Å². The van der Waals surface area contributed by atoms with Crippen LogP contribution in [0.3, 0.4) is 0 Å². The maximum absolute atomic E-state index is 13.8. The standard InChI is InChI=1S/C27H26N2O8S/c1-14-22(26(32)36-6)23(16-10-11-18(37-15(2)30)20(12-16)34-4)29-25(31)21(38-27(29)28-14)13-17-8-7-9-19(33-3)24(17)35-5/h7-13,23H,1-6H3/b21-13+/t23-/m0/s1. The van der Waals surface area contributed by atoms with Gasteiger partial charge in [0.25, 0.3) is 5.56 Å². The van der Waals surface area contributed by atoms with Gasteiger partial charge in [-0.1, -0.05) is 29.5 Å². The fraction of sp³-hybridized carbons (Fsp3) is 0.259. The van der Waals surface area contributed by atoms with Gasteiger partial charge in [0.05, 0.1) is 50.3 Å². The van der Waals surface area contributed by atoms with Crippen LogP contribution in [0, 0.1) is 0 Å². The van der Waals surface area contributed by atoms with Gasteiger partial charge in [0, 0.05) is 12.5 Å². The Labute approximate surface area is 222 Å². The Bertz CT molecular complexity index is 1630. The number of allylic oxidation sites excluding steroid dienone is 1. The first-order valence-electron chi connectivity index (χ1n) is 11.4. The van der Waals surface area contributed by atoms with Gasteiger partial charge in [-0.15, -0.1) is 0 Å². The lowest BCUT2D eigenvalue weighted by Crippen LogP contribution is -2.39. The molecule has 11 heteroatoms. The topological polar surface area (TPSA) is 115 Å². The number of fused-ring (bicyclic) bond motifs is 1. The number of hydrogen-bond acceptors (Lipinski definition) is 10. The van der Waals surface area contributed by atoms with E-state index in [9.17, 15) is 14.4 Å². The average molecular weight is 539 g/mol. The third-order valence-corrected chi connectivity index (χ3v) is 6.89. The second kappa shape index (κ2) is 10.9. The molecule has 10 nitrogen and oxygen atoms in total. The highest BCUT2D eigenvalue weighted by molar-refractivity contribution is 7.07. The van der Waals surface area contributed by atoms with Crippen LogP contribution in [0.2, 0.25) is 0 Å². The lowest BCUT2D eigenvalue weighted by molar-refractivity contribution is -0.136. The number of methoxy groups -OCH3 is 4.